The van der Waals surface area contributed by atoms with E-state index in [1.165, 1.54) is 17.9 Å². The summed E-state index contributed by atoms with van der Waals surface area (Å²) in [5.74, 6) is 0. The summed E-state index contributed by atoms with van der Waals surface area (Å²) in [4.78, 5) is 36.2. The van der Waals surface area contributed by atoms with Gasteiger partial charge in [-0.15, -0.1) is 0 Å². The third-order valence-electron chi connectivity index (χ3n) is 2.32. The molecule has 98 valence electrons. The van der Waals surface area contributed by atoms with E-state index < -0.39 is 6.03 Å². The van der Waals surface area contributed by atoms with Crippen LogP contribution >= 0.6 is 0 Å². The predicted octanol–water partition coefficient (Wildman–Crippen LogP) is -2.01. The van der Waals surface area contributed by atoms with Gasteiger partial charge < -0.3 is 16.0 Å². The van der Waals surface area contributed by atoms with Gasteiger partial charge in [-0.2, -0.15) is 0 Å². The molecule has 18 heavy (non-hydrogen) atoms. The van der Waals surface area contributed by atoms with Gasteiger partial charge >= 0.3 is 11.7 Å². The molecule has 0 bridgehead atoms. The van der Waals surface area contributed by atoms with Crippen molar-refractivity contribution in [3.63, 3.8) is 0 Å². The molecular formula is C9H14N6O3. The summed E-state index contributed by atoms with van der Waals surface area (Å²) >= 11 is 0. The minimum Gasteiger partial charge on any atom is -0.352 e. The van der Waals surface area contributed by atoms with E-state index in [2.05, 4.69) is 16.5 Å². The van der Waals surface area contributed by atoms with Gasteiger partial charge in [0.15, 0.2) is 11.2 Å². The molecule has 2 aromatic heterocycles. The number of hydrogen-bond acceptors (Lipinski definition) is 4. The second-order valence-electron chi connectivity index (χ2n) is 3.64. The van der Waals surface area contributed by atoms with Crippen LogP contribution in [-0.2, 0) is 21.1 Å². The summed E-state index contributed by atoms with van der Waals surface area (Å²) in [5, 5.41) is 0. The zero-order valence-corrected chi connectivity index (χ0v) is 10.2. The van der Waals surface area contributed by atoms with Gasteiger partial charge in [-0.3, -0.25) is 13.9 Å². The fourth-order valence-corrected chi connectivity index (χ4v) is 1.47. The average molecular weight is 254 g/mol. The monoisotopic (exact) mass is 254 g/mol. The Bertz CT molecular complexity index is 703. The van der Waals surface area contributed by atoms with Gasteiger partial charge in [0.2, 0.25) is 0 Å². The molecule has 2 aromatic rings. The maximum atomic E-state index is 11.7. The number of primary amides is 2. The maximum absolute atomic E-state index is 11.7. The number of aromatic nitrogens is 4. The van der Waals surface area contributed by atoms with Crippen LogP contribution in [0.1, 0.15) is 0 Å². The molecule has 0 saturated carbocycles. The molecule has 0 aromatic carbocycles. The molecule has 0 spiro atoms. The number of hydrogen-bond donors (Lipinski definition) is 2. The average Bonchev–Trinajstić information content (AvgIpc) is 2.65. The molecule has 0 atom stereocenters. The Kier molecular flexibility index (Phi) is 3.55. The third-order valence-corrected chi connectivity index (χ3v) is 2.32. The minimum absolute atomic E-state index is 0.317. The van der Waals surface area contributed by atoms with E-state index in [1.54, 1.807) is 18.7 Å². The molecule has 4 N–H and O–H groups in total. The molecule has 0 saturated heterocycles. The van der Waals surface area contributed by atoms with Crippen molar-refractivity contribution < 1.29 is 4.79 Å². The van der Waals surface area contributed by atoms with Gasteiger partial charge in [-0.05, 0) is 0 Å². The third kappa shape index (κ3) is 2.24. The highest BCUT2D eigenvalue weighted by Gasteiger charge is 2.11. The van der Waals surface area contributed by atoms with Gasteiger partial charge in [-0.1, -0.05) is 0 Å². The molecule has 9 heteroatoms. The lowest BCUT2D eigenvalue weighted by molar-refractivity contribution is 0.256. The first-order valence-electron chi connectivity index (χ1n) is 4.89. The first-order valence-corrected chi connectivity index (χ1v) is 4.89. The van der Waals surface area contributed by atoms with E-state index in [4.69, 9.17) is 4.79 Å². The SMILES string of the molecule is Cn1c(=O)c2c(ncn2C)n(C)c1=O.NC(N)=O. The second kappa shape index (κ2) is 4.73. The Balaban J connectivity index is 0.000000357. The first-order chi connectivity index (χ1) is 8.27. The molecule has 2 amide bonds. The summed E-state index contributed by atoms with van der Waals surface area (Å²) in [6, 6.07) is -0.833. The van der Waals surface area contributed by atoms with Gasteiger partial charge in [0.05, 0.1) is 6.33 Å². The summed E-state index contributed by atoms with van der Waals surface area (Å²) < 4.78 is 4.04. The molecule has 0 unspecified atom stereocenters. The smallest absolute Gasteiger partial charge is 0.332 e. The zero-order chi connectivity index (χ0) is 14.0. The van der Waals surface area contributed by atoms with Crippen LogP contribution in [0.5, 0.6) is 0 Å². The minimum atomic E-state index is -0.833. The number of rotatable bonds is 0. The lowest BCUT2D eigenvalue weighted by Gasteiger charge is -2.02. The quantitative estimate of drug-likeness (QED) is 0.562. The van der Waals surface area contributed by atoms with Crippen molar-refractivity contribution in [2.75, 3.05) is 0 Å². The fraction of sp³-hybridized carbons (Fsp3) is 0.333. The Labute approximate surface area is 101 Å². The van der Waals surface area contributed by atoms with Crippen molar-refractivity contribution in [1.82, 2.24) is 18.7 Å². The van der Waals surface area contributed by atoms with Gasteiger partial charge in [-0.25, -0.2) is 14.6 Å². The van der Waals surface area contributed by atoms with E-state index in [0.29, 0.717) is 11.2 Å². The highest BCUT2D eigenvalue weighted by Crippen LogP contribution is 2.01. The van der Waals surface area contributed by atoms with Crippen molar-refractivity contribution in [2.24, 2.45) is 32.6 Å². The van der Waals surface area contributed by atoms with Gasteiger partial charge in [0, 0.05) is 21.1 Å². The summed E-state index contributed by atoms with van der Waals surface area (Å²) in [6.07, 6.45) is 1.52. The molecule has 9 nitrogen and oxygen atoms in total. The van der Waals surface area contributed by atoms with Crippen LogP contribution in [0.2, 0.25) is 0 Å². The van der Waals surface area contributed by atoms with Crippen molar-refractivity contribution in [3.8, 4) is 0 Å². The van der Waals surface area contributed by atoms with Gasteiger partial charge in [0.1, 0.15) is 0 Å². The number of urea groups is 1. The van der Waals surface area contributed by atoms with E-state index in [0.717, 1.165) is 4.57 Å². The molecular weight excluding hydrogens is 240 g/mol. The number of aryl methyl sites for hydroxylation is 2. The maximum Gasteiger partial charge on any atom is 0.332 e. The van der Waals surface area contributed by atoms with E-state index in [9.17, 15) is 9.59 Å². The Morgan fingerprint density at radius 2 is 1.67 bits per heavy atom. The van der Waals surface area contributed by atoms with Crippen molar-refractivity contribution in [2.45, 2.75) is 0 Å². The molecule has 0 aliphatic rings. The molecule has 0 aliphatic carbocycles. The summed E-state index contributed by atoms with van der Waals surface area (Å²) in [5.41, 5.74) is 8.68. The van der Waals surface area contributed by atoms with Crippen LogP contribution < -0.4 is 22.7 Å². The molecule has 2 rings (SSSR count). The normalized spacial score (nSPS) is 9.94. The second-order valence-corrected chi connectivity index (χ2v) is 3.64. The van der Waals surface area contributed by atoms with E-state index in [-0.39, 0.29) is 11.2 Å². The predicted molar refractivity (Wildman–Crippen MR) is 65.0 cm³/mol. The number of carbonyl (C=O) groups excluding carboxylic acids is 1. The number of amides is 2. The van der Waals surface area contributed by atoms with Crippen LogP contribution in [0, 0.1) is 0 Å². The lowest BCUT2D eigenvalue weighted by Crippen LogP contribution is -2.37. The van der Waals surface area contributed by atoms with Crippen molar-refractivity contribution in [1.29, 1.82) is 0 Å². The first kappa shape index (κ1) is 13.5. The van der Waals surface area contributed by atoms with Gasteiger partial charge in [0.25, 0.3) is 5.56 Å². The van der Waals surface area contributed by atoms with Crippen LogP contribution in [-0.4, -0.2) is 24.7 Å². The summed E-state index contributed by atoms with van der Waals surface area (Å²) in [6.45, 7) is 0. The Morgan fingerprint density at radius 3 is 2.17 bits per heavy atom. The Hall–Kier alpha value is -2.58. The fourth-order valence-electron chi connectivity index (χ4n) is 1.47. The number of fused-ring (bicyclic) bond motifs is 1. The van der Waals surface area contributed by atoms with Crippen LogP contribution in [0.3, 0.4) is 0 Å². The highest BCUT2D eigenvalue weighted by molar-refractivity contribution is 5.69. The van der Waals surface area contributed by atoms with Crippen molar-refractivity contribution in [3.05, 3.63) is 27.2 Å². The summed E-state index contributed by atoms with van der Waals surface area (Å²) in [7, 11) is 4.77. The largest absolute Gasteiger partial charge is 0.352 e. The van der Waals surface area contributed by atoms with Crippen LogP contribution in [0.25, 0.3) is 11.2 Å². The van der Waals surface area contributed by atoms with Crippen LogP contribution in [0.4, 0.5) is 4.79 Å². The molecule has 0 aliphatic heterocycles. The Morgan fingerprint density at radius 1 is 1.17 bits per heavy atom. The highest BCUT2D eigenvalue weighted by atomic mass is 16.2. The standard InChI is InChI=1S/C8H10N4O2.CH4N2O/c1-10-4-9-6-5(10)7(13)12(3)8(14)11(6)2;2-1(3)4/h4H,1-3H3;(H4,2,3,4). The van der Waals surface area contributed by atoms with Crippen molar-refractivity contribution >= 4 is 17.2 Å². The van der Waals surface area contributed by atoms with E-state index in [1.807, 2.05) is 0 Å². The number of imidazole rings is 1. The molecule has 0 fully saturated rings. The molecule has 2 heterocycles. The molecule has 0 radical (unpaired) electrons. The van der Waals surface area contributed by atoms with E-state index >= 15 is 0 Å². The number of nitrogens with two attached hydrogens (primary N) is 2. The van der Waals surface area contributed by atoms with Crippen LogP contribution in [0.15, 0.2) is 15.9 Å². The zero-order valence-electron chi connectivity index (χ0n) is 10.2. The number of carbonyl (C=O) groups is 1. The number of nitrogens with zero attached hydrogens (tertiary/aromatic N) is 4. The lowest BCUT2D eigenvalue weighted by atomic mass is 10.5. The topological polar surface area (TPSA) is 131 Å².